The van der Waals surface area contributed by atoms with Crippen molar-refractivity contribution in [3.63, 3.8) is 0 Å². The van der Waals surface area contributed by atoms with Crippen LogP contribution in [-0.4, -0.2) is 44.2 Å². The van der Waals surface area contributed by atoms with Crippen molar-refractivity contribution in [1.82, 2.24) is 10.2 Å². The minimum Gasteiger partial charge on any atom is -0.497 e. The van der Waals surface area contributed by atoms with Gasteiger partial charge in [0.15, 0.2) is 0 Å². The molecule has 1 heterocycles. The van der Waals surface area contributed by atoms with Crippen molar-refractivity contribution in [3.8, 4) is 11.5 Å². The minimum absolute atomic E-state index is 0.293. The smallest absolute Gasteiger partial charge is 0.223 e. The normalized spacial score (nSPS) is 30.8. The Morgan fingerprint density at radius 1 is 1.12 bits per heavy atom. The summed E-state index contributed by atoms with van der Waals surface area (Å²) >= 11 is 0. The molecule has 3 aliphatic rings. The molecular weight excluding hydrogens is 316 g/mol. The maximum absolute atomic E-state index is 12.4. The minimum atomic E-state index is 0.293. The van der Waals surface area contributed by atoms with Crippen molar-refractivity contribution in [1.29, 1.82) is 0 Å². The molecule has 1 N–H and O–H groups in total. The zero-order chi connectivity index (χ0) is 17.4. The fourth-order valence-corrected chi connectivity index (χ4v) is 4.82. The number of fused-ring (bicyclic) bond motifs is 1. The lowest BCUT2D eigenvalue weighted by molar-refractivity contribution is -0.123. The predicted octanol–water partition coefficient (Wildman–Crippen LogP) is 2.44. The fourth-order valence-electron chi connectivity index (χ4n) is 4.82. The molecule has 1 aromatic carbocycles. The Balaban J connectivity index is 1.30. The molecule has 2 aliphatic carbocycles. The van der Waals surface area contributed by atoms with E-state index in [9.17, 15) is 4.79 Å². The molecule has 0 aromatic heterocycles. The number of nitrogens with one attached hydrogen (secondary N) is 1. The second-order valence-electron chi connectivity index (χ2n) is 7.73. The van der Waals surface area contributed by atoms with Gasteiger partial charge in [0.2, 0.25) is 5.91 Å². The van der Waals surface area contributed by atoms with Gasteiger partial charge in [0.05, 0.1) is 14.2 Å². The highest BCUT2D eigenvalue weighted by atomic mass is 16.5. The zero-order valence-electron chi connectivity index (χ0n) is 15.2. The number of amides is 1. The van der Waals surface area contributed by atoms with Gasteiger partial charge in [-0.1, -0.05) is 6.42 Å². The van der Waals surface area contributed by atoms with Crippen LogP contribution in [0.5, 0.6) is 11.5 Å². The first-order valence-corrected chi connectivity index (χ1v) is 9.42. The first-order chi connectivity index (χ1) is 12.2. The summed E-state index contributed by atoms with van der Waals surface area (Å²) in [6.07, 6.45) is 4.88. The quantitative estimate of drug-likeness (QED) is 0.861. The molecule has 1 saturated heterocycles. The first kappa shape index (κ1) is 16.7. The van der Waals surface area contributed by atoms with Crippen LogP contribution in [-0.2, 0) is 11.3 Å². The van der Waals surface area contributed by atoms with Gasteiger partial charge in [0, 0.05) is 37.7 Å². The second kappa shape index (κ2) is 6.87. The van der Waals surface area contributed by atoms with E-state index >= 15 is 0 Å². The van der Waals surface area contributed by atoms with Crippen LogP contribution in [0.25, 0.3) is 0 Å². The summed E-state index contributed by atoms with van der Waals surface area (Å²) in [4.78, 5) is 14.8. The van der Waals surface area contributed by atoms with Gasteiger partial charge in [-0.2, -0.15) is 0 Å². The summed E-state index contributed by atoms with van der Waals surface area (Å²) in [7, 11) is 3.35. The Kier molecular flexibility index (Phi) is 4.59. The molecular formula is C20H28N2O3. The van der Waals surface area contributed by atoms with E-state index in [1.165, 1.54) is 24.8 Å². The Labute approximate surface area is 149 Å². The summed E-state index contributed by atoms with van der Waals surface area (Å²) < 4.78 is 10.7. The second-order valence-corrected chi connectivity index (χ2v) is 7.73. The number of carbonyl (C=O) groups is 1. The van der Waals surface area contributed by atoms with E-state index in [1.54, 1.807) is 14.2 Å². The summed E-state index contributed by atoms with van der Waals surface area (Å²) in [6.45, 7) is 2.80. The van der Waals surface area contributed by atoms with Crippen molar-refractivity contribution < 1.29 is 14.3 Å². The van der Waals surface area contributed by atoms with Gasteiger partial charge in [0.25, 0.3) is 0 Å². The maximum Gasteiger partial charge on any atom is 0.223 e. The lowest BCUT2D eigenvalue weighted by Gasteiger charge is -2.18. The van der Waals surface area contributed by atoms with Crippen LogP contribution >= 0.6 is 0 Å². The number of hydrogen-bond acceptors (Lipinski definition) is 4. The average Bonchev–Trinajstić information content (AvgIpc) is 2.95. The topological polar surface area (TPSA) is 50.8 Å². The van der Waals surface area contributed by atoms with Crippen LogP contribution in [0.2, 0.25) is 0 Å². The fraction of sp³-hybridized carbons (Fsp3) is 0.650. The van der Waals surface area contributed by atoms with Gasteiger partial charge in [-0.3, -0.25) is 9.69 Å². The molecule has 4 atom stereocenters. The van der Waals surface area contributed by atoms with E-state index in [0.29, 0.717) is 29.7 Å². The maximum atomic E-state index is 12.4. The number of nitrogens with zero attached hydrogens (tertiary/aromatic N) is 1. The molecule has 0 radical (unpaired) electrons. The monoisotopic (exact) mass is 344 g/mol. The summed E-state index contributed by atoms with van der Waals surface area (Å²) in [6, 6.07) is 6.30. The summed E-state index contributed by atoms with van der Waals surface area (Å²) in [5.41, 5.74) is 1.18. The molecule has 0 spiro atoms. The standard InChI is InChI=1S/C20H28N2O3/c1-24-15-8-13(9-16(10-15)25-2)11-22-7-6-14(12-22)21-20(23)19-17-4-3-5-18(17)19/h8-10,14,17-19H,3-7,11-12H2,1-2H3,(H,21,23)/t14-,17-,18+,19?/m1/s1. The molecule has 136 valence electrons. The molecule has 3 fully saturated rings. The predicted molar refractivity (Wildman–Crippen MR) is 95.7 cm³/mol. The third-order valence-electron chi connectivity index (χ3n) is 6.15. The van der Waals surface area contributed by atoms with E-state index in [1.807, 2.05) is 6.07 Å². The van der Waals surface area contributed by atoms with Gasteiger partial charge in [-0.05, 0) is 48.8 Å². The third-order valence-corrected chi connectivity index (χ3v) is 6.15. The number of ether oxygens (including phenoxy) is 2. The number of carbonyl (C=O) groups excluding carboxylic acids is 1. The van der Waals surface area contributed by atoms with Gasteiger partial charge < -0.3 is 14.8 Å². The lowest BCUT2D eigenvalue weighted by Crippen LogP contribution is -2.38. The molecule has 1 amide bonds. The van der Waals surface area contributed by atoms with E-state index in [-0.39, 0.29) is 0 Å². The number of methoxy groups -OCH3 is 2. The summed E-state index contributed by atoms with van der Waals surface area (Å²) in [5.74, 6) is 3.66. The third kappa shape index (κ3) is 3.47. The molecule has 4 rings (SSSR count). The lowest BCUT2D eigenvalue weighted by atomic mass is 10.1. The van der Waals surface area contributed by atoms with Crippen molar-refractivity contribution >= 4 is 5.91 Å². The number of likely N-dealkylation sites (tertiary alicyclic amines) is 1. The largest absolute Gasteiger partial charge is 0.497 e. The van der Waals surface area contributed by atoms with Gasteiger partial charge in [0.1, 0.15) is 11.5 Å². The zero-order valence-corrected chi connectivity index (χ0v) is 15.2. The Bertz CT molecular complexity index is 616. The van der Waals surface area contributed by atoms with Crippen molar-refractivity contribution in [2.24, 2.45) is 17.8 Å². The number of rotatable bonds is 6. The van der Waals surface area contributed by atoms with Crippen LogP contribution in [0.3, 0.4) is 0 Å². The van der Waals surface area contributed by atoms with Crippen LogP contribution in [0.4, 0.5) is 0 Å². The average molecular weight is 344 g/mol. The molecule has 2 saturated carbocycles. The number of hydrogen-bond donors (Lipinski definition) is 1. The highest BCUT2D eigenvalue weighted by Crippen LogP contribution is 2.57. The van der Waals surface area contributed by atoms with Crippen LogP contribution < -0.4 is 14.8 Å². The molecule has 5 nitrogen and oxygen atoms in total. The van der Waals surface area contributed by atoms with E-state index in [0.717, 1.165) is 37.6 Å². The molecule has 1 aromatic rings. The van der Waals surface area contributed by atoms with Crippen molar-refractivity contribution in [2.45, 2.75) is 38.3 Å². The van der Waals surface area contributed by atoms with Crippen LogP contribution in [0.15, 0.2) is 18.2 Å². The molecule has 1 aliphatic heterocycles. The van der Waals surface area contributed by atoms with Crippen LogP contribution in [0.1, 0.15) is 31.2 Å². The Morgan fingerprint density at radius 3 is 2.44 bits per heavy atom. The highest BCUT2D eigenvalue weighted by molar-refractivity contribution is 5.82. The molecule has 1 unspecified atom stereocenters. The van der Waals surface area contributed by atoms with Crippen molar-refractivity contribution in [3.05, 3.63) is 23.8 Å². The van der Waals surface area contributed by atoms with Gasteiger partial charge in [-0.15, -0.1) is 0 Å². The molecule has 0 bridgehead atoms. The van der Waals surface area contributed by atoms with Crippen LogP contribution in [0, 0.1) is 17.8 Å². The van der Waals surface area contributed by atoms with E-state index in [4.69, 9.17) is 9.47 Å². The first-order valence-electron chi connectivity index (χ1n) is 9.42. The van der Waals surface area contributed by atoms with Gasteiger partial charge >= 0.3 is 0 Å². The Morgan fingerprint density at radius 2 is 1.80 bits per heavy atom. The molecule has 25 heavy (non-hydrogen) atoms. The number of benzene rings is 1. The summed E-state index contributed by atoms with van der Waals surface area (Å²) in [5, 5.41) is 3.30. The SMILES string of the molecule is COc1cc(CN2CC[C@@H](NC(=O)C3[C@H]4CCC[C@@H]34)C2)cc(OC)c1. The Hall–Kier alpha value is -1.75. The van der Waals surface area contributed by atoms with E-state index < -0.39 is 0 Å². The van der Waals surface area contributed by atoms with Gasteiger partial charge in [-0.25, -0.2) is 0 Å². The highest BCUT2D eigenvalue weighted by Gasteiger charge is 2.56. The molecule has 5 heteroatoms. The van der Waals surface area contributed by atoms with Crippen molar-refractivity contribution in [2.75, 3.05) is 27.3 Å². The van der Waals surface area contributed by atoms with E-state index in [2.05, 4.69) is 22.3 Å².